The zero-order valence-corrected chi connectivity index (χ0v) is 18.8. The van der Waals surface area contributed by atoms with Gasteiger partial charge in [-0.3, -0.25) is 4.79 Å². The number of anilines is 1. The standard InChI is InChI=1S/C24H27F3N4O2/c1-4-16-5-7-17(8-6-16)20-11-21(24(25,26)27)31-23(30-20)19(13-29-31)10-22(32)28-12-18-9-14(2)33-15(18)3/h5-9,13,20-21,30H,4,10-12H2,1-3H3,(H,28,32)/t20-,21+/m1/s1. The molecule has 3 aromatic rings. The van der Waals surface area contributed by atoms with Gasteiger partial charge in [0.25, 0.3) is 0 Å². The number of nitrogens with zero attached hydrogens (tertiary/aromatic N) is 2. The van der Waals surface area contributed by atoms with E-state index < -0.39 is 18.3 Å². The lowest BCUT2D eigenvalue weighted by molar-refractivity contribution is -0.173. The van der Waals surface area contributed by atoms with E-state index >= 15 is 0 Å². The van der Waals surface area contributed by atoms with Gasteiger partial charge in [0.05, 0.1) is 18.7 Å². The van der Waals surface area contributed by atoms with Crippen molar-refractivity contribution in [2.75, 3.05) is 5.32 Å². The summed E-state index contributed by atoms with van der Waals surface area (Å²) in [6.45, 7) is 5.96. The molecule has 0 saturated carbocycles. The van der Waals surface area contributed by atoms with Gasteiger partial charge in [-0.05, 0) is 37.5 Å². The molecule has 2 N–H and O–H groups in total. The van der Waals surface area contributed by atoms with E-state index in [0.717, 1.165) is 39.3 Å². The first-order valence-electron chi connectivity index (χ1n) is 11.0. The quantitative estimate of drug-likeness (QED) is 0.532. The lowest BCUT2D eigenvalue weighted by Crippen LogP contribution is -2.36. The first-order valence-corrected chi connectivity index (χ1v) is 11.0. The summed E-state index contributed by atoms with van der Waals surface area (Å²) in [4.78, 5) is 12.6. The second kappa shape index (κ2) is 8.96. The summed E-state index contributed by atoms with van der Waals surface area (Å²) < 4.78 is 48.0. The number of hydrogen-bond donors (Lipinski definition) is 2. The van der Waals surface area contributed by atoms with Crippen molar-refractivity contribution < 1.29 is 22.4 Å². The molecule has 9 heteroatoms. The molecule has 0 unspecified atom stereocenters. The molecular formula is C24H27F3N4O2. The van der Waals surface area contributed by atoms with E-state index in [2.05, 4.69) is 15.7 Å². The number of hydrogen-bond acceptors (Lipinski definition) is 4. The van der Waals surface area contributed by atoms with Gasteiger partial charge in [-0.2, -0.15) is 18.3 Å². The number of carbonyl (C=O) groups excluding carboxylic acids is 1. The summed E-state index contributed by atoms with van der Waals surface area (Å²) in [5.74, 6) is 1.41. The van der Waals surface area contributed by atoms with Crippen molar-refractivity contribution in [3.8, 4) is 0 Å². The predicted molar refractivity (Wildman–Crippen MR) is 118 cm³/mol. The number of benzene rings is 1. The number of alkyl halides is 3. The van der Waals surface area contributed by atoms with E-state index in [9.17, 15) is 18.0 Å². The molecule has 0 saturated heterocycles. The molecule has 1 aromatic carbocycles. The van der Waals surface area contributed by atoms with Crippen molar-refractivity contribution in [1.82, 2.24) is 15.1 Å². The van der Waals surface area contributed by atoms with Crippen LogP contribution in [0.5, 0.6) is 0 Å². The molecule has 0 spiro atoms. The van der Waals surface area contributed by atoms with Gasteiger partial charge >= 0.3 is 6.18 Å². The number of nitrogens with one attached hydrogen (secondary N) is 2. The number of aryl methyl sites for hydroxylation is 3. The Hall–Kier alpha value is -3.23. The fraction of sp³-hybridized carbons (Fsp3) is 0.417. The van der Waals surface area contributed by atoms with Crippen LogP contribution in [0, 0.1) is 13.8 Å². The number of carbonyl (C=O) groups is 1. The Bertz CT molecular complexity index is 1130. The van der Waals surface area contributed by atoms with Crippen LogP contribution in [0.2, 0.25) is 0 Å². The van der Waals surface area contributed by atoms with Crippen LogP contribution in [-0.4, -0.2) is 21.9 Å². The molecule has 0 bridgehead atoms. The molecule has 0 radical (unpaired) electrons. The molecule has 0 fully saturated rings. The van der Waals surface area contributed by atoms with Crippen LogP contribution in [-0.2, 0) is 24.2 Å². The Kier molecular flexibility index (Phi) is 6.23. The molecule has 6 nitrogen and oxygen atoms in total. The highest BCUT2D eigenvalue weighted by atomic mass is 19.4. The molecule has 3 heterocycles. The maximum atomic E-state index is 13.9. The summed E-state index contributed by atoms with van der Waals surface area (Å²) in [5, 5.41) is 10.00. The molecule has 0 aliphatic carbocycles. The second-order valence-corrected chi connectivity index (χ2v) is 8.44. The average Bonchev–Trinajstić information content (AvgIpc) is 3.32. The maximum Gasteiger partial charge on any atom is 0.410 e. The molecule has 1 amide bonds. The van der Waals surface area contributed by atoms with Gasteiger partial charge in [0, 0.05) is 24.1 Å². The second-order valence-electron chi connectivity index (χ2n) is 8.44. The number of furan rings is 1. The summed E-state index contributed by atoms with van der Waals surface area (Å²) in [6, 6.07) is 7.12. The zero-order valence-electron chi connectivity index (χ0n) is 18.8. The highest BCUT2D eigenvalue weighted by Crippen LogP contribution is 2.44. The summed E-state index contributed by atoms with van der Waals surface area (Å²) in [6.07, 6.45) is -2.51. The third-order valence-electron chi connectivity index (χ3n) is 6.08. The first kappa shape index (κ1) is 22.9. The number of aromatic nitrogens is 2. The Morgan fingerprint density at radius 1 is 1.24 bits per heavy atom. The van der Waals surface area contributed by atoms with Gasteiger partial charge in [-0.1, -0.05) is 31.2 Å². The topological polar surface area (TPSA) is 72.1 Å². The third-order valence-corrected chi connectivity index (χ3v) is 6.08. The Labute approximate surface area is 190 Å². The molecule has 1 aliphatic heterocycles. The van der Waals surface area contributed by atoms with Gasteiger partial charge < -0.3 is 15.1 Å². The summed E-state index contributed by atoms with van der Waals surface area (Å²) in [7, 11) is 0. The van der Waals surface area contributed by atoms with Gasteiger partial charge in [-0.15, -0.1) is 0 Å². The van der Waals surface area contributed by atoms with Crippen molar-refractivity contribution in [3.05, 3.63) is 70.3 Å². The Morgan fingerprint density at radius 2 is 1.97 bits per heavy atom. The van der Waals surface area contributed by atoms with E-state index in [4.69, 9.17) is 4.42 Å². The van der Waals surface area contributed by atoms with E-state index in [-0.39, 0.29) is 31.1 Å². The molecule has 1 aliphatic rings. The molecule has 176 valence electrons. The normalized spacial score (nSPS) is 18.0. The van der Waals surface area contributed by atoms with Crippen molar-refractivity contribution in [3.63, 3.8) is 0 Å². The smallest absolute Gasteiger partial charge is 0.410 e. The van der Waals surface area contributed by atoms with Crippen molar-refractivity contribution in [2.24, 2.45) is 0 Å². The lowest BCUT2D eigenvalue weighted by Gasteiger charge is -2.34. The van der Waals surface area contributed by atoms with Crippen molar-refractivity contribution >= 4 is 11.7 Å². The number of amides is 1. The summed E-state index contributed by atoms with van der Waals surface area (Å²) >= 11 is 0. The minimum Gasteiger partial charge on any atom is -0.466 e. The van der Waals surface area contributed by atoms with Gasteiger partial charge in [0.2, 0.25) is 5.91 Å². The number of rotatable bonds is 6. The maximum absolute atomic E-state index is 13.9. The molecule has 33 heavy (non-hydrogen) atoms. The Balaban J connectivity index is 1.54. The van der Waals surface area contributed by atoms with Crippen LogP contribution < -0.4 is 10.6 Å². The fourth-order valence-electron chi connectivity index (χ4n) is 4.24. The lowest BCUT2D eigenvalue weighted by atomic mass is 9.95. The summed E-state index contributed by atoms with van der Waals surface area (Å²) in [5.41, 5.74) is 3.18. The minimum absolute atomic E-state index is 0.0791. The van der Waals surface area contributed by atoms with E-state index in [1.807, 2.05) is 51.1 Å². The average molecular weight is 461 g/mol. The van der Waals surface area contributed by atoms with Crippen LogP contribution in [0.4, 0.5) is 19.0 Å². The third kappa shape index (κ3) is 4.91. The molecule has 2 atom stereocenters. The van der Waals surface area contributed by atoms with Crippen LogP contribution in [0.15, 0.2) is 40.9 Å². The number of fused-ring (bicyclic) bond motifs is 1. The predicted octanol–water partition coefficient (Wildman–Crippen LogP) is 5.17. The zero-order chi connectivity index (χ0) is 23.8. The van der Waals surface area contributed by atoms with Crippen LogP contribution >= 0.6 is 0 Å². The minimum atomic E-state index is -4.46. The Morgan fingerprint density at radius 3 is 2.58 bits per heavy atom. The largest absolute Gasteiger partial charge is 0.466 e. The van der Waals surface area contributed by atoms with Gasteiger partial charge in [-0.25, -0.2) is 4.68 Å². The van der Waals surface area contributed by atoms with Crippen LogP contribution in [0.3, 0.4) is 0 Å². The highest BCUT2D eigenvalue weighted by Gasteiger charge is 2.46. The molecule has 2 aromatic heterocycles. The van der Waals surface area contributed by atoms with Gasteiger partial charge in [0.1, 0.15) is 17.3 Å². The van der Waals surface area contributed by atoms with E-state index in [0.29, 0.717) is 5.56 Å². The van der Waals surface area contributed by atoms with Crippen molar-refractivity contribution in [1.29, 1.82) is 0 Å². The van der Waals surface area contributed by atoms with E-state index in [1.54, 1.807) is 0 Å². The van der Waals surface area contributed by atoms with Gasteiger partial charge in [0.15, 0.2) is 6.04 Å². The monoisotopic (exact) mass is 460 g/mol. The van der Waals surface area contributed by atoms with E-state index in [1.165, 1.54) is 6.20 Å². The molecule has 4 rings (SSSR count). The van der Waals surface area contributed by atoms with Crippen LogP contribution in [0.25, 0.3) is 0 Å². The van der Waals surface area contributed by atoms with Crippen LogP contribution in [0.1, 0.15) is 59.2 Å². The highest BCUT2D eigenvalue weighted by molar-refractivity contribution is 5.80. The molecular weight excluding hydrogens is 433 g/mol. The SMILES string of the molecule is CCc1ccc([C@H]2C[C@@H](C(F)(F)F)n3ncc(CC(=O)NCc4cc(C)oc4C)c3N2)cc1. The van der Waals surface area contributed by atoms with Crippen molar-refractivity contribution in [2.45, 2.75) is 64.8 Å². The number of halogens is 3. The first-order chi connectivity index (χ1) is 15.7. The fourth-order valence-corrected chi connectivity index (χ4v) is 4.24.